The Morgan fingerprint density at radius 1 is 0.767 bits per heavy atom. The van der Waals surface area contributed by atoms with Gasteiger partial charge in [0.05, 0.1) is 24.2 Å². The Hall–Kier alpha value is -4.75. The van der Waals surface area contributed by atoms with Crippen molar-refractivity contribution in [2.24, 2.45) is 0 Å². The van der Waals surface area contributed by atoms with Gasteiger partial charge in [-0.25, -0.2) is 4.79 Å². The Bertz CT molecular complexity index is 1810. The second-order valence-corrected chi connectivity index (χ2v) is 10.8. The molecule has 0 fully saturated rings. The van der Waals surface area contributed by atoms with E-state index in [1.54, 1.807) is 0 Å². The van der Waals surface area contributed by atoms with Crippen molar-refractivity contribution in [2.45, 2.75) is 32.4 Å². The molecule has 2 aromatic heterocycles. The molecule has 1 aliphatic rings. The fourth-order valence-corrected chi connectivity index (χ4v) is 6.99. The van der Waals surface area contributed by atoms with Crippen molar-refractivity contribution in [2.75, 3.05) is 33.0 Å². The van der Waals surface area contributed by atoms with Crippen molar-refractivity contribution in [3.63, 3.8) is 0 Å². The van der Waals surface area contributed by atoms with Crippen molar-refractivity contribution in [3.05, 3.63) is 106 Å². The van der Waals surface area contributed by atoms with Gasteiger partial charge >= 0.3 is 5.97 Å². The van der Waals surface area contributed by atoms with E-state index >= 15 is 0 Å². The average Bonchev–Trinajstić information content (AvgIpc) is 3.48. The summed E-state index contributed by atoms with van der Waals surface area (Å²) in [6.07, 6.45) is 10.9. The van der Waals surface area contributed by atoms with Crippen LogP contribution in [-0.4, -0.2) is 48.1 Å². The molecular formula is C37H34N2O4. The zero-order valence-electron chi connectivity index (χ0n) is 24.6. The standard InChI is InChI=1S/C37H34N2O4/c1-5-21-41-23-19-38-26(3)34(29-14-8-11-17-32(29)38)37(25-43-36(40)28-13-7-10-16-31(28)37)35-27(4)39(20-24-42-22-6-2)33-18-12-9-15-30(33)35/h1-2,7-18H,19-25H2,3-4H3. The Kier molecular flexibility index (Phi) is 7.82. The Labute approximate surface area is 252 Å². The number of carbonyl (C=O) groups excluding carboxylic acids is 1. The van der Waals surface area contributed by atoms with Crippen LogP contribution < -0.4 is 0 Å². The molecule has 0 amide bonds. The molecule has 0 radical (unpaired) electrons. The van der Waals surface area contributed by atoms with Crippen LogP contribution in [0.25, 0.3) is 21.8 Å². The van der Waals surface area contributed by atoms with E-state index in [0.717, 1.165) is 49.9 Å². The summed E-state index contributed by atoms with van der Waals surface area (Å²) in [5.74, 6) is 4.80. The molecule has 1 aliphatic heterocycles. The third-order valence-electron chi connectivity index (χ3n) is 8.63. The molecule has 3 heterocycles. The number of benzene rings is 3. The number of hydrogen-bond donors (Lipinski definition) is 0. The van der Waals surface area contributed by atoms with E-state index in [1.807, 2.05) is 18.2 Å². The van der Waals surface area contributed by atoms with Crippen LogP contribution in [0.5, 0.6) is 0 Å². The number of para-hydroxylation sites is 2. The highest BCUT2D eigenvalue weighted by atomic mass is 16.5. The topological polar surface area (TPSA) is 54.6 Å². The summed E-state index contributed by atoms with van der Waals surface area (Å²) in [5, 5.41) is 2.22. The lowest BCUT2D eigenvalue weighted by Crippen LogP contribution is -2.42. The van der Waals surface area contributed by atoms with Gasteiger partial charge in [-0.1, -0.05) is 66.4 Å². The number of rotatable bonds is 10. The number of nitrogens with zero attached hydrogens (tertiary/aromatic N) is 2. The molecule has 216 valence electrons. The zero-order chi connectivity index (χ0) is 30.0. The minimum Gasteiger partial charge on any atom is -0.460 e. The number of terminal acetylenes is 2. The summed E-state index contributed by atoms with van der Waals surface area (Å²) < 4.78 is 22.1. The molecule has 5 aromatic rings. The Morgan fingerprint density at radius 2 is 1.26 bits per heavy atom. The number of carbonyl (C=O) groups is 1. The molecule has 0 spiro atoms. The highest BCUT2D eigenvalue weighted by Gasteiger charge is 2.49. The highest BCUT2D eigenvalue weighted by molar-refractivity contribution is 5.98. The highest BCUT2D eigenvalue weighted by Crippen LogP contribution is 2.51. The van der Waals surface area contributed by atoms with Crippen molar-refractivity contribution >= 4 is 27.8 Å². The van der Waals surface area contributed by atoms with E-state index < -0.39 is 5.41 Å². The van der Waals surface area contributed by atoms with E-state index in [0.29, 0.717) is 31.9 Å². The van der Waals surface area contributed by atoms with Crippen molar-refractivity contribution in [1.29, 1.82) is 0 Å². The zero-order valence-corrected chi connectivity index (χ0v) is 24.6. The maximum atomic E-state index is 13.3. The molecular weight excluding hydrogens is 536 g/mol. The fraction of sp³-hybridized carbons (Fsp3) is 0.270. The largest absolute Gasteiger partial charge is 0.460 e. The molecule has 0 aliphatic carbocycles. The van der Waals surface area contributed by atoms with E-state index in [2.05, 4.69) is 89.4 Å². The van der Waals surface area contributed by atoms with Crippen LogP contribution >= 0.6 is 0 Å². The van der Waals surface area contributed by atoms with E-state index in [1.165, 1.54) is 0 Å². The van der Waals surface area contributed by atoms with Gasteiger partial charge in [0.2, 0.25) is 0 Å². The van der Waals surface area contributed by atoms with Crippen molar-refractivity contribution < 1.29 is 19.0 Å². The summed E-state index contributed by atoms with van der Waals surface area (Å²) in [6, 6.07) is 24.7. The lowest BCUT2D eigenvalue weighted by molar-refractivity contribution is 0.0409. The van der Waals surface area contributed by atoms with Gasteiger partial charge in [-0.15, -0.1) is 12.8 Å². The predicted octanol–water partition coefficient (Wildman–Crippen LogP) is 6.02. The number of aromatic nitrogens is 2. The van der Waals surface area contributed by atoms with Crippen LogP contribution in [0.2, 0.25) is 0 Å². The molecule has 6 nitrogen and oxygen atoms in total. The van der Waals surface area contributed by atoms with Gasteiger partial charge in [0.15, 0.2) is 0 Å². The average molecular weight is 571 g/mol. The predicted molar refractivity (Wildman–Crippen MR) is 169 cm³/mol. The van der Waals surface area contributed by atoms with Crippen LogP contribution in [0.1, 0.15) is 38.4 Å². The van der Waals surface area contributed by atoms with E-state index in [4.69, 9.17) is 27.1 Å². The van der Waals surface area contributed by atoms with Crippen molar-refractivity contribution in [1.82, 2.24) is 9.13 Å². The molecule has 0 N–H and O–H groups in total. The molecule has 0 atom stereocenters. The molecule has 43 heavy (non-hydrogen) atoms. The van der Waals surface area contributed by atoms with Crippen LogP contribution in [0.3, 0.4) is 0 Å². The lowest BCUT2D eigenvalue weighted by atomic mass is 9.65. The Morgan fingerprint density at radius 3 is 1.79 bits per heavy atom. The number of esters is 1. The van der Waals surface area contributed by atoms with Gasteiger partial charge in [-0.3, -0.25) is 0 Å². The normalized spacial score (nSPS) is 13.9. The molecule has 3 aromatic carbocycles. The molecule has 0 bridgehead atoms. The third-order valence-corrected chi connectivity index (χ3v) is 8.63. The first-order valence-electron chi connectivity index (χ1n) is 14.5. The number of fused-ring (bicyclic) bond motifs is 3. The molecule has 0 saturated carbocycles. The number of cyclic esters (lactones) is 1. The molecule has 0 saturated heterocycles. The molecule has 6 heteroatoms. The minimum atomic E-state index is -0.784. The van der Waals surface area contributed by atoms with Crippen LogP contribution in [0, 0.1) is 38.5 Å². The van der Waals surface area contributed by atoms with E-state index in [-0.39, 0.29) is 25.8 Å². The quantitative estimate of drug-likeness (QED) is 0.117. The SMILES string of the molecule is C#CCOCCn1c(C)c(C2(c3c(C)n(CCOCC#C)c4ccccc34)COC(=O)c3ccccc32)c2ccccc21. The Balaban J connectivity index is 1.68. The van der Waals surface area contributed by atoms with Crippen LogP contribution in [-0.2, 0) is 32.7 Å². The maximum absolute atomic E-state index is 13.3. The van der Waals surface area contributed by atoms with Crippen molar-refractivity contribution in [3.8, 4) is 24.7 Å². The van der Waals surface area contributed by atoms with Gasteiger partial charge in [0.25, 0.3) is 0 Å². The first-order valence-corrected chi connectivity index (χ1v) is 14.5. The van der Waals surface area contributed by atoms with Gasteiger partial charge in [-0.2, -0.15) is 0 Å². The van der Waals surface area contributed by atoms with Crippen LogP contribution in [0.4, 0.5) is 0 Å². The second-order valence-electron chi connectivity index (χ2n) is 10.8. The summed E-state index contributed by atoms with van der Waals surface area (Å²) in [6.45, 7) is 7.25. The molecule has 0 unspecified atom stereocenters. The lowest BCUT2D eigenvalue weighted by Gasteiger charge is -2.40. The van der Waals surface area contributed by atoms with E-state index in [9.17, 15) is 4.79 Å². The van der Waals surface area contributed by atoms with Crippen LogP contribution in [0.15, 0.2) is 72.8 Å². The van der Waals surface area contributed by atoms with Gasteiger partial charge in [0.1, 0.15) is 19.8 Å². The minimum absolute atomic E-state index is 0.174. The maximum Gasteiger partial charge on any atom is 0.338 e. The molecule has 6 rings (SSSR count). The summed E-state index contributed by atoms with van der Waals surface area (Å²) in [5.41, 5.74) is 7.34. The monoisotopic (exact) mass is 570 g/mol. The third kappa shape index (κ3) is 4.61. The first kappa shape index (κ1) is 28.4. The summed E-state index contributed by atoms with van der Waals surface area (Å²) >= 11 is 0. The fourth-order valence-electron chi connectivity index (χ4n) is 6.99. The number of hydrogen-bond acceptors (Lipinski definition) is 4. The van der Waals surface area contributed by atoms with Gasteiger partial charge in [-0.05, 0) is 48.7 Å². The second kappa shape index (κ2) is 11.9. The van der Waals surface area contributed by atoms with Gasteiger partial charge in [0, 0.05) is 46.3 Å². The smallest absolute Gasteiger partial charge is 0.338 e. The first-order chi connectivity index (χ1) is 21.0. The summed E-state index contributed by atoms with van der Waals surface area (Å²) in [4.78, 5) is 13.3. The summed E-state index contributed by atoms with van der Waals surface area (Å²) in [7, 11) is 0. The number of ether oxygens (including phenoxy) is 3. The van der Waals surface area contributed by atoms with Gasteiger partial charge < -0.3 is 23.3 Å².